The molecule has 6 heteroatoms. The summed E-state index contributed by atoms with van der Waals surface area (Å²) in [6.07, 6.45) is 4.18. The van der Waals surface area contributed by atoms with Crippen molar-refractivity contribution < 1.29 is 19.1 Å². The van der Waals surface area contributed by atoms with E-state index in [-0.39, 0.29) is 17.7 Å². The molecule has 2 aromatic rings. The SMILES string of the molecule is COc1ccccc1C1C(C(=O)NCCCOCC2CC2)CCC(=O)N1c1ccc(C)cc1. The highest BCUT2D eigenvalue weighted by Crippen LogP contribution is 2.43. The van der Waals surface area contributed by atoms with Crippen LogP contribution >= 0.6 is 0 Å². The van der Waals surface area contributed by atoms with Crippen molar-refractivity contribution in [3.05, 3.63) is 59.7 Å². The Morgan fingerprint density at radius 2 is 1.85 bits per heavy atom. The Morgan fingerprint density at radius 3 is 2.58 bits per heavy atom. The number of ether oxygens (including phenoxy) is 2. The van der Waals surface area contributed by atoms with E-state index in [0.717, 1.165) is 35.8 Å². The summed E-state index contributed by atoms with van der Waals surface area (Å²) in [7, 11) is 1.62. The molecule has 6 nitrogen and oxygen atoms in total. The molecule has 0 spiro atoms. The second-order valence-electron chi connectivity index (χ2n) is 9.09. The molecule has 2 atom stereocenters. The number of nitrogens with zero attached hydrogens (tertiary/aromatic N) is 1. The third-order valence-corrected chi connectivity index (χ3v) is 6.52. The molecule has 2 aliphatic rings. The van der Waals surface area contributed by atoms with E-state index >= 15 is 0 Å². The molecular formula is C27H34N2O4. The van der Waals surface area contributed by atoms with Gasteiger partial charge < -0.3 is 19.7 Å². The van der Waals surface area contributed by atoms with Crippen molar-refractivity contribution in [1.82, 2.24) is 5.32 Å². The Labute approximate surface area is 196 Å². The molecule has 2 fully saturated rings. The number of carbonyl (C=O) groups is 2. The Kier molecular flexibility index (Phi) is 7.65. The number of aryl methyl sites for hydroxylation is 1. The zero-order chi connectivity index (χ0) is 23.2. The van der Waals surface area contributed by atoms with Gasteiger partial charge in [0, 0.05) is 37.4 Å². The van der Waals surface area contributed by atoms with E-state index in [4.69, 9.17) is 9.47 Å². The minimum atomic E-state index is -0.434. The lowest BCUT2D eigenvalue weighted by atomic mass is 9.82. The fraction of sp³-hybridized carbons (Fsp3) is 0.481. The number of rotatable bonds is 10. The van der Waals surface area contributed by atoms with Gasteiger partial charge in [-0.25, -0.2) is 0 Å². The Balaban J connectivity index is 1.54. The summed E-state index contributed by atoms with van der Waals surface area (Å²) in [6, 6.07) is 15.1. The predicted octanol–water partition coefficient (Wildman–Crippen LogP) is 4.42. The van der Waals surface area contributed by atoms with Crippen LogP contribution in [-0.2, 0) is 14.3 Å². The van der Waals surface area contributed by atoms with E-state index in [2.05, 4.69) is 5.32 Å². The van der Waals surface area contributed by atoms with E-state index in [1.807, 2.05) is 55.5 Å². The van der Waals surface area contributed by atoms with Gasteiger partial charge in [0.2, 0.25) is 11.8 Å². The van der Waals surface area contributed by atoms with Crippen molar-refractivity contribution in [3.8, 4) is 5.75 Å². The van der Waals surface area contributed by atoms with Crippen molar-refractivity contribution in [2.45, 2.75) is 45.1 Å². The van der Waals surface area contributed by atoms with E-state index in [1.165, 1.54) is 12.8 Å². The smallest absolute Gasteiger partial charge is 0.227 e. The first kappa shape index (κ1) is 23.3. The summed E-state index contributed by atoms with van der Waals surface area (Å²) in [5, 5.41) is 3.09. The number of methoxy groups -OCH3 is 1. The van der Waals surface area contributed by atoms with Crippen LogP contribution in [0.1, 0.15) is 49.3 Å². The second kappa shape index (κ2) is 10.8. The highest BCUT2D eigenvalue weighted by atomic mass is 16.5. The molecule has 0 radical (unpaired) electrons. The van der Waals surface area contributed by atoms with Crippen LogP contribution in [0.15, 0.2) is 48.5 Å². The first-order valence-corrected chi connectivity index (χ1v) is 12.0. The third-order valence-electron chi connectivity index (χ3n) is 6.52. The molecule has 2 unspecified atom stereocenters. The lowest BCUT2D eigenvalue weighted by Gasteiger charge is -2.41. The molecule has 176 valence electrons. The van der Waals surface area contributed by atoms with Gasteiger partial charge in [0.25, 0.3) is 0 Å². The van der Waals surface area contributed by atoms with E-state index in [1.54, 1.807) is 12.0 Å². The summed E-state index contributed by atoms with van der Waals surface area (Å²) < 4.78 is 11.3. The minimum absolute atomic E-state index is 0.0206. The zero-order valence-electron chi connectivity index (χ0n) is 19.6. The zero-order valence-corrected chi connectivity index (χ0v) is 19.6. The molecule has 0 aromatic heterocycles. The normalized spacial score (nSPS) is 20.5. The quantitative estimate of drug-likeness (QED) is 0.544. The van der Waals surface area contributed by atoms with Crippen LogP contribution in [0.25, 0.3) is 0 Å². The molecule has 1 N–H and O–H groups in total. The number of carbonyl (C=O) groups excluding carboxylic acids is 2. The summed E-state index contributed by atoms with van der Waals surface area (Å²) in [5.74, 6) is 1.05. The fourth-order valence-corrected chi connectivity index (χ4v) is 4.49. The van der Waals surface area contributed by atoms with Gasteiger partial charge in [-0.1, -0.05) is 35.9 Å². The molecule has 1 saturated carbocycles. The molecule has 1 heterocycles. The molecule has 33 heavy (non-hydrogen) atoms. The van der Waals surface area contributed by atoms with Crippen LogP contribution in [0, 0.1) is 18.8 Å². The Morgan fingerprint density at radius 1 is 1.09 bits per heavy atom. The van der Waals surface area contributed by atoms with Gasteiger partial charge in [0.05, 0.1) is 19.1 Å². The van der Waals surface area contributed by atoms with Gasteiger partial charge in [0.15, 0.2) is 0 Å². The predicted molar refractivity (Wildman–Crippen MR) is 128 cm³/mol. The van der Waals surface area contributed by atoms with Gasteiger partial charge in [-0.05, 0) is 56.7 Å². The maximum Gasteiger partial charge on any atom is 0.227 e. The van der Waals surface area contributed by atoms with Crippen LogP contribution in [0.3, 0.4) is 0 Å². The minimum Gasteiger partial charge on any atom is -0.496 e. The van der Waals surface area contributed by atoms with E-state index in [0.29, 0.717) is 31.7 Å². The van der Waals surface area contributed by atoms with Crippen molar-refractivity contribution in [1.29, 1.82) is 0 Å². The van der Waals surface area contributed by atoms with E-state index in [9.17, 15) is 9.59 Å². The number of hydrogen-bond donors (Lipinski definition) is 1. The largest absolute Gasteiger partial charge is 0.496 e. The first-order valence-electron chi connectivity index (χ1n) is 12.0. The summed E-state index contributed by atoms with van der Waals surface area (Å²) in [6.45, 7) is 4.08. The van der Waals surface area contributed by atoms with Crippen molar-refractivity contribution in [3.63, 3.8) is 0 Å². The molecule has 1 aliphatic heterocycles. The van der Waals surface area contributed by atoms with Crippen LogP contribution in [-0.4, -0.2) is 38.7 Å². The molecule has 1 saturated heterocycles. The number of para-hydroxylation sites is 1. The number of benzene rings is 2. The maximum absolute atomic E-state index is 13.3. The highest BCUT2D eigenvalue weighted by molar-refractivity contribution is 5.97. The van der Waals surface area contributed by atoms with E-state index < -0.39 is 6.04 Å². The highest BCUT2D eigenvalue weighted by Gasteiger charge is 2.42. The van der Waals surface area contributed by atoms with Gasteiger partial charge in [-0.15, -0.1) is 0 Å². The average Bonchev–Trinajstić information content (AvgIpc) is 3.66. The van der Waals surface area contributed by atoms with Crippen molar-refractivity contribution in [2.24, 2.45) is 11.8 Å². The molecule has 0 bridgehead atoms. The molecule has 2 aromatic carbocycles. The summed E-state index contributed by atoms with van der Waals surface area (Å²) in [5.41, 5.74) is 2.77. The van der Waals surface area contributed by atoms with Crippen LogP contribution < -0.4 is 15.0 Å². The van der Waals surface area contributed by atoms with Gasteiger partial charge in [-0.2, -0.15) is 0 Å². The number of hydrogen-bond acceptors (Lipinski definition) is 4. The van der Waals surface area contributed by atoms with Gasteiger partial charge >= 0.3 is 0 Å². The second-order valence-corrected chi connectivity index (χ2v) is 9.09. The van der Waals surface area contributed by atoms with Gasteiger partial charge in [-0.3, -0.25) is 9.59 Å². The molecule has 2 amide bonds. The maximum atomic E-state index is 13.3. The topological polar surface area (TPSA) is 67.9 Å². The lowest BCUT2D eigenvalue weighted by Crippen LogP contribution is -2.48. The average molecular weight is 451 g/mol. The third kappa shape index (κ3) is 5.74. The van der Waals surface area contributed by atoms with Crippen molar-refractivity contribution in [2.75, 3.05) is 31.8 Å². The fourth-order valence-electron chi connectivity index (χ4n) is 4.49. The summed E-state index contributed by atoms with van der Waals surface area (Å²) >= 11 is 0. The Bertz CT molecular complexity index is 955. The van der Waals surface area contributed by atoms with Crippen LogP contribution in [0.5, 0.6) is 5.75 Å². The number of amides is 2. The lowest BCUT2D eigenvalue weighted by molar-refractivity contribution is -0.129. The van der Waals surface area contributed by atoms with Crippen molar-refractivity contribution >= 4 is 17.5 Å². The number of anilines is 1. The standard InChI is InChI=1S/C27H34N2O4/c1-19-8-12-21(13-9-19)29-25(30)15-14-23(26(29)22-6-3-4-7-24(22)32-2)27(31)28-16-5-17-33-18-20-10-11-20/h3-4,6-9,12-13,20,23,26H,5,10-11,14-18H2,1-2H3,(H,28,31). The Hall–Kier alpha value is -2.86. The monoisotopic (exact) mass is 450 g/mol. The van der Waals surface area contributed by atoms with Crippen LogP contribution in [0.2, 0.25) is 0 Å². The first-order chi connectivity index (χ1) is 16.1. The summed E-state index contributed by atoms with van der Waals surface area (Å²) in [4.78, 5) is 28.3. The molecule has 1 aliphatic carbocycles. The number of nitrogens with one attached hydrogen (secondary N) is 1. The molecule has 4 rings (SSSR count). The van der Waals surface area contributed by atoms with Gasteiger partial charge in [0.1, 0.15) is 5.75 Å². The van der Waals surface area contributed by atoms with Crippen LogP contribution in [0.4, 0.5) is 5.69 Å². The number of piperidine rings is 1. The molecular weight excluding hydrogens is 416 g/mol.